The molecule has 0 unspecified atom stereocenters. The molecule has 5 nitrogen and oxygen atoms in total. The summed E-state index contributed by atoms with van der Waals surface area (Å²) in [7, 11) is 0. The van der Waals surface area contributed by atoms with Crippen LogP contribution in [0.1, 0.15) is 5.82 Å². The molecular weight excluding hydrogens is 256 g/mol. The minimum atomic E-state index is 0.233. The molecule has 0 saturated carbocycles. The summed E-state index contributed by atoms with van der Waals surface area (Å²) in [5, 5.41) is 0.346. The van der Waals surface area contributed by atoms with Gasteiger partial charge >= 0.3 is 0 Å². The van der Waals surface area contributed by atoms with Crippen LogP contribution in [-0.4, -0.2) is 16.8 Å². The molecule has 2 aromatic rings. The molecular formula is C12H9ClN2O3. The van der Waals surface area contributed by atoms with E-state index in [2.05, 4.69) is 9.97 Å². The molecule has 6 heteroatoms. The van der Waals surface area contributed by atoms with Crippen LogP contribution in [0.25, 0.3) is 0 Å². The highest BCUT2D eigenvalue weighted by Gasteiger charge is 2.14. The van der Waals surface area contributed by atoms with Crippen molar-refractivity contribution in [2.45, 2.75) is 6.92 Å². The molecule has 0 spiro atoms. The minimum Gasteiger partial charge on any atom is -0.454 e. The molecule has 1 aliphatic rings. The average Bonchev–Trinajstić information content (AvgIpc) is 2.74. The standard InChI is InChI=1S/C12H9ClN2O3/c1-7-14-11(13)5-12(15-7)18-8-2-3-9-10(4-8)17-6-16-9/h2-5H,6H2,1H3. The molecule has 0 radical (unpaired) electrons. The predicted octanol–water partition coefficient (Wildman–Crippen LogP) is 2.96. The topological polar surface area (TPSA) is 53.5 Å². The van der Waals surface area contributed by atoms with Crippen LogP contribution in [0.4, 0.5) is 0 Å². The second kappa shape index (κ2) is 4.34. The maximum atomic E-state index is 5.83. The number of hydrogen-bond acceptors (Lipinski definition) is 5. The summed E-state index contributed by atoms with van der Waals surface area (Å²) in [6.07, 6.45) is 0. The second-order valence-corrected chi connectivity index (χ2v) is 4.08. The normalized spacial score (nSPS) is 12.6. The Morgan fingerprint density at radius 1 is 1.17 bits per heavy atom. The Bertz CT molecular complexity index is 584. The number of benzene rings is 1. The number of aromatic nitrogens is 2. The maximum absolute atomic E-state index is 5.83. The Morgan fingerprint density at radius 2 is 2.00 bits per heavy atom. The summed E-state index contributed by atoms with van der Waals surface area (Å²) >= 11 is 5.83. The van der Waals surface area contributed by atoms with Gasteiger partial charge in [-0.05, 0) is 19.1 Å². The predicted molar refractivity (Wildman–Crippen MR) is 64.4 cm³/mol. The molecule has 0 saturated heterocycles. The SMILES string of the molecule is Cc1nc(Cl)cc(Oc2ccc3c(c2)OCO3)n1. The number of nitrogens with zero attached hydrogens (tertiary/aromatic N) is 2. The molecule has 1 aliphatic heterocycles. The molecule has 0 N–H and O–H groups in total. The van der Waals surface area contributed by atoms with Crippen molar-refractivity contribution in [1.29, 1.82) is 0 Å². The van der Waals surface area contributed by atoms with Crippen LogP contribution in [0.5, 0.6) is 23.1 Å². The van der Waals surface area contributed by atoms with E-state index in [0.29, 0.717) is 34.1 Å². The van der Waals surface area contributed by atoms with Gasteiger partial charge in [-0.15, -0.1) is 0 Å². The number of fused-ring (bicyclic) bond motifs is 1. The lowest BCUT2D eigenvalue weighted by Crippen LogP contribution is -1.93. The summed E-state index contributed by atoms with van der Waals surface area (Å²) in [6.45, 7) is 1.98. The van der Waals surface area contributed by atoms with Crippen molar-refractivity contribution < 1.29 is 14.2 Å². The number of aryl methyl sites for hydroxylation is 1. The first-order valence-corrected chi connectivity index (χ1v) is 5.67. The number of rotatable bonds is 2. The van der Waals surface area contributed by atoms with Gasteiger partial charge in [0.2, 0.25) is 12.7 Å². The molecule has 0 fully saturated rings. The lowest BCUT2D eigenvalue weighted by molar-refractivity contribution is 0.174. The van der Waals surface area contributed by atoms with Crippen LogP contribution in [0.15, 0.2) is 24.3 Å². The van der Waals surface area contributed by atoms with Gasteiger partial charge in [0.05, 0.1) is 0 Å². The van der Waals surface area contributed by atoms with Gasteiger partial charge < -0.3 is 14.2 Å². The van der Waals surface area contributed by atoms with E-state index in [1.54, 1.807) is 31.2 Å². The highest BCUT2D eigenvalue weighted by molar-refractivity contribution is 6.29. The van der Waals surface area contributed by atoms with Gasteiger partial charge in [-0.3, -0.25) is 0 Å². The summed E-state index contributed by atoms with van der Waals surface area (Å²) in [5.41, 5.74) is 0. The molecule has 92 valence electrons. The zero-order valence-corrected chi connectivity index (χ0v) is 10.3. The smallest absolute Gasteiger partial charge is 0.231 e. The largest absolute Gasteiger partial charge is 0.454 e. The Labute approximate surface area is 108 Å². The van der Waals surface area contributed by atoms with Crippen molar-refractivity contribution >= 4 is 11.6 Å². The van der Waals surface area contributed by atoms with E-state index in [1.165, 1.54) is 0 Å². The van der Waals surface area contributed by atoms with E-state index in [9.17, 15) is 0 Å². The fraction of sp³-hybridized carbons (Fsp3) is 0.167. The summed E-state index contributed by atoms with van der Waals surface area (Å²) < 4.78 is 16.1. The van der Waals surface area contributed by atoms with E-state index in [0.717, 1.165) is 0 Å². The van der Waals surface area contributed by atoms with Gasteiger partial charge in [0.25, 0.3) is 0 Å². The molecule has 18 heavy (non-hydrogen) atoms. The Balaban J connectivity index is 1.88. The van der Waals surface area contributed by atoms with E-state index in [-0.39, 0.29) is 6.79 Å². The monoisotopic (exact) mass is 264 g/mol. The van der Waals surface area contributed by atoms with Gasteiger partial charge in [0.15, 0.2) is 11.5 Å². The van der Waals surface area contributed by atoms with Gasteiger partial charge in [-0.1, -0.05) is 11.6 Å². The fourth-order valence-electron chi connectivity index (χ4n) is 1.62. The average molecular weight is 265 g/mol. The Hall–Kier alpha value is -2.01. The third kappa shape index (κ3) is 2.17. The van der Waals surface area contributed by atoms with E-state index < -0.39 is 0 Å². The first kappa shape index (κ1) is 11.1. The molecule has 1 aromatic carbocycles. The molecule has 2 heterocycles. The lowest BCUT2D eigenvalue weighted by Gasteiger charge is -2.06. The highest BCUT2D eigenvalue weighted by atomic mass is 35.5. The zero-order chi connectivity index (χ0) is 12.5. The highest BCUT2D eigenvalue weighted by Crippen LogP contribution is 2.36. The van der Waals surface area contributed by atoms with E-state index >= 15 is 0 Å². The Morgan fingerprint density at radius 3 is 2.83 bits per heavy atom. The minimum absolute atomic E-state index is 0.233. The Kier molecular flexibility index (Phi) is 2.68. The van der Waals surface area contributed by atoms with E-state index in [1.807, 2.05) is 0 Å². The van der Waals surface area contributed by atoms with Crippen molar-refractivity contribution in [3.63, 3.8) is 0 Å². The van der Waals surface area contributed by atoms with Crippen molar-refractivity contribution in [3.05, 3.63) is 35.2 Å². The fourth-order valence-corrected chi connectivity index (χ4v) is 1.83. The molecule has 0 aliphatic carbocycles. The van der Waals surface area contributed by atoms with E-state index in [4.69, 9.17) is 25.8 Å². The van der Waals surface area contributed by atoms with Crippen molar-refractivity contribution in [2.75, 3.05) is 6.79 Å². The first-order chi connectivity index (χ1) is 8.70. The summed E-state index contributed by atoms with van der Waals surface area (Å²) in [5.74, 6) is 2.92. The number of hydrogen-bond donors (Lipinski definition) is 0. The molecule has 1 aromatic heterocycles. The van der Waals surface area contributed by atoms with Gasteiger partial charge in [-0.25, -0.2) is 4.98 Å². The van der Waals surface area contributed by atoms with Crippen LogP contribution < -0.4 is 14.2 Å². The number of halogens is 1. The van der Waals surface area contributed by atoms with Gasteiger partial charge in [0.1, 0.15) is 16.7 Å². The van der Waals surface area contributed by atoms with Crippen molar-refractivity contribution in [1.82, 2.24) is 9.97 Å². The summed E-state index contributed by atoms with van der Waals surface area (Å²) in [4.78, 5) is 8.10. The number of ether oxygens (including phenoxy) is 3. The van der Waals surface area contributed by atoms with Crippen LogP contribution in [0, 0.1) is 6.92 Å². The second-order valence-electron chi connectivity index (χ2n) is 3.69. The first-order valence-electron chi connectivity index (χ1n) is 5.29. The lowest BCUT2D eigenvalue weighted by atomic mass is 10.3. The molecule has 0 bridgehead atoms. The van der Waals surface area contributed by atoms with Gasteiger partial charge in [0, 0.05) is 12.1 Å². The third-order valence-electron chi connectivity index (χ3n) is 2.35. The van der Waals surface area contributed by atoms with Crippen LogP contribution in [-0.2, 0) is 0 Å². The van der Waals surface area contributed by atoms with Crippen molar-refractivity contribution in [2.24, 2.45) is 0 Å². The van der Waals surface area contributed by atoms with Crippen molar-refractivity contribution in [3.8, 4) is 23.1 Å². The third-order valence-corrected chi connectivity index (χ3v) is 2.54. The molecule has 0 amide bonds. The maximum Gasteiger partial charge on any atom is 0.231 e. The quantitative estimate of drug-likeness (QED) is 0.781. The summed E-state index contributed by atoms with van der Waals surface area (Å²) in [6, 6.07) is 6.86. The van der Waals surface area contributed by atoms with Crippen LogP contribution in [0.2, 0.25) is 5.15 Å². The van der Waals surface area contributed by atoms with Crippen LogP contribution in [0.3, 0.4) is 0 Å². The molecule has 3 rings (SSSR count). The zero-order valence-electron chi connectivity index (χ0n) is 9.51. The molecule has 0 atom stereocenters. The van der Waals surface area contributed by atoms with Crippen LogP contribution >= 0.6 is 11.6 Å². The van der Waals surface area contributed by atoms with Gasteiger partial charge in [-0.2, -0.15) is 4.98 Å².